The van der Waals surface area contributed by atoms with E-state index < -0.39 is 6.10 Å². The summed E-state index contributed by atoms with van der Waals surface area (Å²) in [4.78, 5) is 23.9. The van der Waals surface area contributed by atoms with Gasteiger partial charge in [-0.15, -0.1) is 10.2 Å². The first-order valence-corrected chi connectivity index (χ1v) is 11.8. The first-order chi connectivity index (χ1) is 15.7. The van der Waals surface area contributed by atoms with Gasteiger partial charge in [-0.1, -0.05) is 53.0 Å². The molecule has 0 unspecified atom stereocenters. The van der Waals surface area contributed by atoms with Crippen LogP contribution in [0.1, 0.15) is 18.1 Å². The van der Waals surface area contributed by atoms with Crippen molar-refractivity contribution in [3.05, 3.63) is 54.2 Å². The van der Waals surface area contributed by atoms with Crippen molar-refractivity contribution >= 4 is 54.3 Å². The zero-order valence-corrected chi connectivity index (χ0v) is 18.9. The van der Waals surface area contributed by atoms with E-state index in [1.807, 2.05) is 42.5 Å². The van der Waals surface area contributed by atoms with Crippen molar-refractivity contribution in [3.63, 3.8) is 0 Å². The first-order valence-electron chi connectivity index (χ1n) is 10.1. The minimum absolute atomic E-state index is 0.225. The fraction of sp³-hybridized carbons (Fsp3) is 0.286. The Morgan fingerprint density at radius 1 is 1.16 bits per heavy atom. The molecule has 11 heteroatoms. The van der Waals surface area contributed by atoms with E-state index in [4.69, 9.17) is 4.74 Å². The lowest BCUT2D eigenvalue weighted by atomic mass is 10.1. The second kappa shape index (κ2) is 9.15. The highest BCUT2D eigenvalue weighted by Crippen LogP contribution is 2.31. The number of anilines is 3. The number of methoxy groups -OCH3 is 1. The highest BCUT2D eigenvalue weighted by molar-refractivity contribution is 7.22. The van der Waals surface area contributed by atoms with Crippen molar-refractivity contribution in [3.8, 4) is 0 Å². The summed E-state index contributed by atoms with van der Waals surface area (Å²) in [6.07, 6.45) is 2.02. The zero-order chi connectivity index (χ0) is 21.9. The number of benzene rings is 1. The normalized spacial score (nSPS) is 16.9. The topological polar surface area (TPSA) is 105 Å². The van der Waals surface area contributed by atoms with Crippen LogP contribution in [0.5, 0.6) is 0 Å². The van der Waals surface area contributed by atoms with Gasteiger partial charge in [0.2, 0.25) is 10.3 Å². The number of nitrogens with zero attached hydrogens (tertiary/aromatic N) is 5. The molecule has 1 aliphatic rings. The van der Waals surface area contributed by atoms with E-state index in [1.54, 1.807) is 17.5 Å². The molecular weight excluding hydrogens is 446 g/mol. The van der Waals surface area contributed by atoms with Gasteiger partial charge in [0.1, 0.15) is 0 Å². The number of amides is 1. The minimum atomic E-state index is -0.705. The third-order valence-electron chi connectivity index (χ3n) is 5.17. The van der Waals surface area contributed by atoms with Gasteiger partial charge >= 0.3 is 0 Å². The molecule has 1 aliphatic heterocycles. The number of fused-ring (bicyclic) bond motifs is 1. The molecule has 0 radical (unpaired) electrons. The van der Waals surface area contributed by atoms with Crippen molar-refractivity contribution in [2.75, 3.05) is 35.7 Å². The molecule has 0 saturated carbocycles. The summed E-state index contributed by atoms with van der Waals surface area (Å²) in [5, 5.41) is 16.6. The van der Waals surface area contributed by atoms with Gasteiger partial charge in [0.05, 0.1) is 4.70 Å². The van der Waals surface area contributed by atoms with Crippen LogP contribution in [-0.2, 0) is 9.53 Å². The maximum absolute atomic E-state index is 12.6. The lowest BCUT2D eigenvalue weighted by Crippen LogP contribution is -2.25. The summed E-state index contributed by atoms with van der Waals surface area (Å²) in [6.45, 7) is 1.73. The molecule has 164 valence electrons. The minimum Gasteiger partial charge on any atom is -0.367 e. The molecule has 0 aliphatic carbocycles. The largest absolute Gasteiger partial charge is 0.367 e. The summed E-state index contributed by atoms with van der Waals surface area (Å²) in [7, 11) is 1.51. The molecule has 1 fully saturated rings. The van der Waals surface area contributed by atoms with E-state index in [1.165, 1.54) is 18.4 Å². The molecule has 32 heavy (non-hydrogen) atoms. The summed E-state index contributed by atoms with van der Waals surface area (Å²) >= 11 is 2.97. The predicted octanol–water partition coefficient (Wildman–Crippen LogP) is 3.56. The van der Waals surface area contributed by atoms with E-state index in [-0.39, 0.29) is 11.9 Å². The number of ether oxygens (including phenoxy) is 1. The van der Waals surface area contributed by atoms with Crippen molar-refractivity contribution in [1.29, 1.82) is 0 Å². The fourth-order valence-electron chi connectivity index (χ4n) is 3.64. The van der Waals surface area contributed by atoms with Gasteiger partial charge in [-0.25, -0.2) is 4.98 Å². The molecule has 0 bridgehead atoms. The van der Waals surface area contributed by atoms with Gasteiger partial charge in [0, 0.05) is 32.4 Å². The van der Waals surface area contributed by atoms with Gasteiger partial charge in [0.15, 0.2) is 16.9 Å². The average molecular weight is 468 g/mol. The van der Waals surface area contributed by atoms with E-state index in [2.05, 4.69) is 35.7 Å². The van der Waals surface area contributed by atoms with Crippen LogP contribution in [0.25, 0.3) is 10.3 Å². The smallest absolute Gasteiger partial charge is 0.259 e. The molecule has 0 spiro atoms. The number of carbonyl (C=O) groups is 1. The summed E-state index contributed by atoms with van der Waals surface area (Å²) in [5.74, 6) is -0.280. The Balaban J connectivity index is 1.19. The number of thiazole rings is 1. The molecular formula is C21H21N7O2S2. The second-order valence-electron chi connectivity index (χ2n) is 7.33. The van der Waals surface area contributed by atoms with Crippen molar-refractivity contribution in [2.24, 2.45) is 0 Å². The van der Waals surface area contributed by atoms with E-state index in [9.17, 15) is 4.79 Å². The van der Waals surface area contributed by atoms with Gasteiger partial charge in [-0.3, -0.25) is 10.1 Å². The van der Waals surface area contributed by atoms with Crippen LogP contribution < -0.4 is 15.5 Å². The van der Waals surface area contributed by atoms with Gasteiger partial charge in [0.25, 0.3) is 5.91 Å². The summed E-state index contributed by atoms with van der Waals surface area (Å²) < 4.78 is 6.47. The van der Waals surface area contributed by atoms with E-state index >= 15 is 0 Å². The third-order valence-corrected chi connectivity index (χ3v) is 7.01. The highest BCUT2D eigenvalue weighted by atomic mass is 32.1. The molecule has 5 rings (SSSR count). The van der Waals surface area contributed by atoms with Crippen LogP contribution in [0.15, 0.2) is 48.7 Å². The summed E-state index contributed by atoms with van der Waals surface area (Å²) in [5.41, 5.74) is 1.57. The maximum atomic E-state index is 12.6. The highest BCUT2D eigenvalue weighted by Gasteiger charge is 2.26. The number of hydrogen-bond donors (Lipinski definition) is 2. The standard InChI is InChI=1S/C21H21N7O2S2/c1-30-16(13-6-3-2-4-7-13)18(29)25-20-27-26-19(32-20)23-14-9-11-28(12-14)21-24-17-15(31-21)8-5-10-22-17/h2-8,10,14,16H,9,11-12H2,1H3,(H,23,26)(H,25,27,29)/t14-,16-/m0/s1. The predicted molar refractivity (Wildman–Crippen MR) is 126 cm³/mol. The SMILES string of the molecule is CO[C@H](C(=O)Nc1nnc(N[C@H]2CCN(c3nc4ncccc4s3)C2)s1)c1ccccc1. The Morgan fingerprint density at radius 2 is 2.00 bits per heavy atom. The molecule has 4 aromatic rings. The maximum Gasteiger partial charge on any atom is 0.259 e. The molecule has 2 N–H and O–H groups in total. The molecule has 3 aromatic heterocycles. The fourth-order valence-corrected chi connectivity index (χ4v) is 5.33. The average Bonchev–Trinajstić information content (AvgIpc) is 3.55. The Hall–Kier alpha value is -3.15. The Morgan fingerprint density at radius 3 is 2.81 bits per heavy atom. The monoisotopic (exact) mass is 467 g/mol. The first kappa shape index (κ1) is 20.7. The molecule has 1 amide bonds. The number of pyridine rings is 1. The van der Waals surface area contributed by atoms with Crippen LogP contribution in [0.2, 0.25) is 0 Å². The third kappa shape index (κ3) is 4.40. The number of hydrogen-bond acceptors (Lipinski definition) is 10. The number of carbonyl (C=O) groups excluding carboxylic acids is 1. The molecule has 4 heterocycles. The molecule has 1 aromatic carbocycles. The zero-order valence-electron chi connectivity index (χ0n) is 17.3. The number of rotatable bonds is 7. The molecule has 2 atom stereocenters. The van der Waals surface area contributed by atoms with E-state index in [0.717, 1.165) is 40.6 Å². The Kier molecular flexibility index (Phi) is 5.93. The van der Waals surface area contributed by atoms with Crippen LogP contribution in [0, 0.1) is 0 Å². The van der Waals surface area contributed by atoms with E-state index in [0.29, 0.717) is 10.3 Å². The number of nitrogens with one attached hydrogen (secondary N) is 2. The van der Waals surface area contributed by atoms with Crippen LogP contribution in [0.4, 0.5) is 15.4 Å². The van der Waals surface area contributed by atoms with Crippen LogP contribution in [0.3, 0.4) is 0 Å². The summed E-state index contributed by atoms with van der Waals surface area (Å²) in [6, 6.07) is 13.5. The quantitative estimate of drug-likeness (QED) is 0.425. The van der Waals surface area contributed by atoms with Crippen molar-refractivity contribution < 1.29 is 9.53 Å². The van der Waals surface area contributed by atoms with Gasteiger partial charge < -0.3 is 15.0 Å². The molecule has 1 saturated heterocycles. The number of aromatic nitrogens is 4. The second-order valence-corrected chi connectivity index (χ2v) is 9.31. The lowest BCUT2D eigenvalue weighted by molar-refractivity contribution is -0.126. The lowest BCUT2D eigenvalue weighted by Gasteiger charge is -2.15. The Labute approximate surface area is 192 Å². The van der Waals surface area contributed by atoms with Crippen LogP contribution in [-0.4, -0.2) is 52.3 Å². The molecule has 9 nitrogen and oxygen atoms in total. The Bertz CT molecular complexity index is 1180. The van der Waals surface area contributed by atoms with Gasteiger partial charge in [-0.2, -0.15) is 4.98 Å². The van der Waals surface area contributed by atoms with Crippen LogP contribution >= 0.6 is 22.7 Å². The van der Waals surface area contributed by atoms with Crippen molar-refractivity contribution in [1.82, 2.24) is 20.2 Å². The van der Waals surface area contributed by atoms with Crippen molar-refractivity contribution in [2.45, 2.75) is 18.6 Å². The van der Waals surface area contributed by atoms with Gasteiger partial charge in [-0.05, 0) is 24.1 Å².